The van der Waals surface area contributed by atoms with E-state index in [1.165, 1.54) is 12.1 Å². The monoisotopic (exact) mass is 508 g/mol. The van der Waals surface area contributed by atoms with Gasteiger partial charge in [-0.2, -0.15) is 4.31 Å². The molecule has 0 spiro atoms. The Morgan fingerprint density at radius 3 is 2.35 bits per heavy atom. The van der Waals surface area contributed by atoms with Crippen molar-refractivity contribution in [3.05, 3.63) is 63.7 Å². The Hall–Kier alpha value is -1.78. The van der Waals surface area contributed by atoms with Gasteiger partial charge in [-0.1, -0.05) is 35.3 Å². The van der Waals surface area contributed by atoms with Gasteiger partial charge in [0.25, 0.3) is 0 Å². The van der Waals surface area contributed by atoms with Crippen molar-refractivity contribution >= 4 is 48.7 Å². The van der Waals surface area contributed by atoms with Crippen LogP contribution < -0.4 is 0 Å². The van der Waals surface area contributed by atoms with E-state index in [1.54, 1.807) is 0 Å². The van der Waals surface area contributed by atoms with Gasteiger partial charge in [0, 0.05) is 18.1 Å². The standard InChI is InChI=1S/C18H15Cl2FN2O6S2/c1-22-12-3-5-16(14(21)7-12)30(26,27)17-8-23(9-18(17,25)10-24)31(28,29)15-4-2-11(19)6-13(15)20/h2-7,17,24-25H,8-10H2/t17-,18+/m0/s1. The highest BCUT2D eigenvalue weighted by atomic mass is 35.5. The molecule has 1 saturated heterocycles. The summed E-state index contributed by atoms with van der Waals surface area (Å²) in [7, 11) is -9.04. The van der Waals surface area contributed by atoms with Crippen LogP contribution in [0.25, 0.3) is 4.85 Å². The maximum absolute atomic E-state index is 14.4. The smallest absolute Gasteiger partial charge is 0.244 e. The Balaban J connectivity index is 2.06. The van der Waals surface area contributed by atoms with Crippen molar-refractivity contribution in [2.75, 3.05) is 19.7 Å². The molecular formula is C18H15Cl2FN2O6S2. The van der Waals surface area contributed by atoms with Gasteiger partial charge in [-0.05, 0) is 24.3 Å². The van der Waals surface area contributed by atoms with Crippen LogP contribution >= 0.6 is 23.2 Å². The maximum atomic E-state index is 14.4. The van der Waals surface area contributed by atoms with Crippen LogP contribution in [0.15, 0.2) is 46.2 Å². The number of nitrogens with zero attached hydrogens (tertiary/aromatic N) is 2. The van der Waals surface area contributed by atoms with Crippen LogP contribution in [0.4, 0.5) is 10.1 Å². The number of sulfone groups is 1. The van der Waals surface area contributed by atoms with E-state index in [0.717, 1.165) is 24.3 Å². The third kappa shape index (κ3) is 4.17. The van der Waals surface area contributed by atoms with Gasteiger partial charge in [-0.15, -0.1) is 0 Å². The molecule has 0 amide bonds. The summed E-state index contributed by atoms with van der Waals surface area (Å²) in [6, 6.07) is 6.25. The highest BCUT2D eigenvalue weighted by Crippen LogP contribution is 2.37. The number of aliphatic hydroxyl groups excluding tert-OH is 1. The molecule has 1 heterocycles. The van der Waals surface area contributed by atoms with Crippen LogP contribution in [0.1, 0.15) is 0 Å². The van der Waals surface area contributed by atoms with Crippen molar-refractivity contribution in [1.29, 1.82) is 0 Å². The van der Waals surface area contributed by atoms with Gasteiger partial charge in [0.2, 0.25) is 10.0 Å². The van der Waals surface area contributed by atoms with Gasteiger partial charge < -0.3 is 10.2 Å². The van der Waals surface area contributed by atoms with E-state index >= 15 is 0 Å². The molecule has 2 aromatic rings. The average Bonchev–Trinajstić information content (AvgIpc) is 3.07. The second-order valence-corrected chi connectivity index (χ2v) is 11.7. The fraction of sp³-hybridized carbons (Fsp3) is 0.278. The van der Waals surface area contributed by atoms with Crippen LogP contribution in [-0.2, 0) is 19.9 Å². The first-order valence-electron chi connectivity index (χ1n) is 8.56. The number of β-amino-alcohol motifs (C(OH)–C–C–N with tert-alkyl or cyclic N) is 1. The minimum absolute atomic E-state index is 0.137. The molecule has 1 aliphatic heterocycles. The predicted octanol–water partition coefficient (Wildman–Crippen LogP) is 2.25. The van der Waals surface area contributed by atoms with Crippen molar-refractivity contribution < 1.29 is 31.4 Å². The summed E-state index contributed by atoms with van der Waals surface area (Å²) >= 11 is 11.8. The van der Waals surface area contributed by atoms with Gasteiger partial charge in [-0.3, -0.25) is 0 Å². The fourth-order valence-corrected chi connectivity index (χ4v) is 7.67. The fourth-order valence-electron chi connectivity index (χ4n) is 3.32. The molecule has 13 heteroatoms. The SMILES string of the molecule is [C-]#[N+]c1ccc(S(=O)(=O)[C@H]2CN(S(=O)(=O)c3ccc(Cl)cc3Cl)C[C@@]2(O)CO)c(F)c1. The summed E-state index contributed by atoms with van der Waals surface area (Å²) < 4.78 is 67.3. The van der Waals surface area contributed by atoms with Crippen molar-refractivity contribution in [3.63, 3.8) is 0 Å². The van der Waals surface area contributed by atoms with E-state index in [1.807, 2.05) is 0 Å². The van der Waals surface area contributed by atoms with E-state index in [0.29, 0.717) is 4.31 Å². The second-order valence-electron chi connectivity index (χ2n) is 6.89. The lowest BCUT2D eigenvalue weighted by molar-refractivity contribution is 0.00157. The first-order valence-corrected chi connectivity index (χ1v) is 12.3. The van der Waals surface area contributed by atoms with Gasteiger partial charge in [0.15, 0.2) is 15.5 Å². The van der Waals surface area contributed by atoms with E-state index in [4.69, 9.17) is 29.8 Å². The molecule has 0 aromatic heterocycles. The molecule has 0 unspecified atom stereocenters. The molecular weight excluding hydrogens is 494 g/mol. The van der Waals surface area contributed by atoms with Gasteiger partial charge in [0.1, 0.15) is 26.5 Å². The van der Waals surface area contributed by atoms with Gasteiger partial charge in [-0.25, -0.2) is 26.1 Å². The molecule has 2 atom stereocenters. The van der Waals surface area contributed by atoms with Crippen LogP contribution in [0.2, 0.25) is 10.0 Å². The average molecular weight is 509 g/mol. The maximum Gasteiger partial charge on any atom is 0.244 e. The lowest BCUT2D eigenvalue weighted by Crippen LogP contribution is -2.49. The van der Waals surface area contributed by atoms with Crippen LogP contribution in [-0.4, -0.2) is 61.9 Å². The number of hydrogen-bond donors (Lipinski definition) is 2. The van der Waals surface area contributed by atoms with Crippen LogP contribution in [0.5, 0.6) is 0 Å². The zero-order valence-electron chi connectivity index (χ0n) is 15.5. The largest absolute Gasteiger partial charge is 0.393 e. The highest BCUT2D eigenvalue weighted by molar-refractivity contribution is 7.92. The molecule has 0 saturated carbocycles. The summed E-state index contributed by atoms with van der Waals surface area (Å²) in [5.74, 6) is -1.23. The third-order valence-corrected chi connectivity index (χ3v) is 9.74. The van der Waals surface area contributed by atoms with E-state index < -0.39 is 61.1 Å². The summed E-state index contributed by atoms with van der Waals surface area (Å²) in [6.07, 6.45) is 0. The molecule has 2 aromatic carbocycles. The molecule has 2 N–H and O–H groups in total. The normalized spacial score (nSPS) is 22.4. The third-order valence-electron chi connectivity index (χ3n) is 4.93. The Bertz CT molecular complexity index is 1300. The highest BCUT2D eigenvalue weighted by Gasteiger charge is 2.55. The van der Waals surface area contributed by atoms with Crippen LogP contribution in [0.3, 0.4) is 0 Å². The van der Waals surface area contributed by atoms with Crippen molar-refractivity contribution in [1.82, 2.24) is 4.31 Å². The summed E-state index contributed by atoms with van der Waals surface area (Å²) in [4.78, 5) is 1.82. The quantitative estimate of drug-likeness (QED) is 0.598. The number of hydrogen-bond acceptors (Lipinski definition) is 6. The number of benzene rings is 2. The topological polar surface area (TPSA) is 116 Å². The molecule has 0 radical (unpaired) electrons. The Morgan fingerprint density at radius 2 is 1.81 bits per heavy atom. The Kier molecular flexibility index (Phi) is 6.38. The van der Waals surface area contributed by atoms with E-state index in [9.17, 15) is 31.4 Å². The van der Waals surface area contributed by atoms with Gasteiger partial charge >= 0.3 is 0 Å². The Morgan fingerprint density at radius 1 is 1.16 bits per heavy atom. The lowest BCUT2D eigenvalue weighted by atomic mass is 10.1. The van der Waals surface area contributed by atoms with Crippen molar-refractivity contribution in [2.24, 2.45) is 0 Å². The van der Waals surface area contributed by atoms with Gasteiger partial charge in [0.05, 0.1) is 18.2 Å². The first-order chi connectivity index (χ1) is 14.4. The zero-order chi connectivity index (χ0) is 23.2. The molecule has 1 fully saturated rings. The lowest BCUT2D eigenvalue weighted by Gasteiger charge is -2.26. The second kappa shape index (κ2) is 8.29. The summed E-state index contributed by atoms with van der Waals surface area (Å²) in [5.41, 5.74) is -2.54. The molecule has 0 bridgehead atoms. The van der Waals surface area contributed by atoms with E-state index in [2.05, 4.69) is 4.85 Å². The van der Waals surface area contributed by atoms with Crippen molar-refractivity contribution in [2.45, 2.75) is 20.6 Å². The van der Waals surface area contributed by atoms with E-state index in [-0.39, 0.29) is 20.6 Å². The molecule has 31 heavy (non-hydrogen) atoms. The number of aliphatic hydroxyl groups is 2. The first kappa shape index (κ1) is 23.9. The summed E-state index contributed by atoms with van der Waals surface area (Å²) in [5, 5.41) is 18.6. The minimum atomic E-state index is -4.65. The number of halogens is 3. The predicted molar refractivity (Wildman–Crippen MR) is 111 cm³/mol. The van der Waals surface area contributed by atoms with Crippen molar-refractivity contribution in [3.8, 4) is 0 Å². The molecule has 166 valence electrons. The molecule has 3 rings (SSSR count). The summed E-state index contributed by atoms with van der Waals surface area (Å²) in [6.45, 7) is 4.25. The molecule has 0 aliphatic carbocycles. The van der Waals surface area contributed by atoms with Crippen LogP contribution in [0, 0.1) is 12.4 Å². The number of rotatable bonds is 5. The molecule has 1 aliphatic rings. The minimum Gasteiger partial charge on any atom is -0.393 e. The Labute approximate surface area is 188 Å². The molecule has 8 nitrogen and oxygen atoms in total. The zero-order valence-corrected chi connectivity index (χ0v) is 18.7. The number of sulfonamides is 1.